The molecule has 4 nitrogen and oxygen atoms in total. The molecule has 0 spiro atoms. The van der Waals surface area contributed by atoms with Gasteiger partial charge in [-0.2, -0.15) is 5.10 Å². The zero-order chi connectivity index (χ0) is 18.2. The predicted octanol–water partition coefficient (Wildman–Crippen LogP) is 3.82. The molecule has 1 aliphatic heterocycles. The molecule has 25 heavy (non-hydrogen) atoms. The average Bonchev–Trinajstić information content (AvgIpc) is 3.10. The second-order valence-electron chi connectivity index (χ2n) is 7.74. The van der Waals surface area contributed by atoms with Gasteiger partial charge in [-0.3, -0.25) is 4.68 Å². The minimum atomic E-state index is -0.324. The standard InChI is InChI=1S/C20H27BN2O2/c1-7-15(2)13-23-14-17(12-22-23)16-8-10-18(11-9-16)21-24-19(3,4)20(5,6)25-21/h8-12,14H,2,7,13H2,1,3-6H3. The Morgan fingerprint density at radius 1 is 1.08 bits per heavy atom. The number of nitrogens with zero attached hydrogens (tertiary/aromatic N) is 2. The molecule has 0 aliphatic carbocycles. The van der Waals surface area contributed by atoms with Crippen molar-refractivity contribution >= 4 is 12.6 Å². The van der Waals surface area contributed by atoms with Gasteiger partial charge in [0.1, 0.15) is 0 Å². The molecule has 1 saturated heterocycles. The van der Waals surface area contributed by atoms with Crippen LogP contribution in [0.5, 0.6) is 0 Å². The second-order valence-corrected chi connectivity index (χ2v) is 7.74. The molecule has 2 heterocycles. The molecule has 0 N–H and O–H groups in total. The lowest BCUT2D eigenvalue weighted by atomic mass is 9.78. The van der Waals surface area contributed by atoms with E-state index in [0.29, 0.717) is 0 Å². The first-order valence-electron chi connectivity index (χ1n) is 8.87. The minimum Gasteiger partial charge on any atom is -0.399 e. The van der Waals surface area contributed by atoms with E-state index in [0.717, 1.165) is 29.6 Å². The van der Waals surface area contributed by atoms with Crippen molar-refractivity contribution in [3.05, 3.63) is 48.8 Å². The predicted molar refractivity (Wildman–Crippen MR) is 103 cm³/mol. The molecule has 0 saturated carbocycles. The number of rotatable bonds is 5. The summed E-state index contributed by atoms with van der Waals surface area (Å²) in [6.45, 7) is 15.2. The van der Waals surface area contributed by atoms with Gasteiger partial charge in [-0.15, -0.1) is 0 Å². The van der Waals surface area contributed by atoms with Crippen LogP contribution < -0.4 is 5.46 Å². The topological polar surface area (TPSA) is 36.3 Å². The Bertz CT molecular complexity index is 746. The van der Waals surface area contributed by atoms with Gasteiger partial charge in [-0.25, -0.2) is 0 Å². The first-order valence-corrected chi connectivity index (χ1v) is 8.87. The third-order valence-electron chi connectivity index (χ3n) is 5.29. The molecule has 1 aromatic carbocycles. The van der Waals surface area contributed by atoms with E-state index in [-0.39, 0.29) is 18.3 Å². The van der Waals surface area contributed by atoms with Gasteiger partial charge in [-0.05, 0) is 45.1 Å². The van der Waals surface area contributed by atoms with E-state index in [1.54, 1.807) is 0 Å². The van der Waals surface area contributed by atoms with Crippen molar-refractivity contribution < 1.29 is 9.31 Å². The molecule has 0 bridgehead atoms. The van der Waals surface area contributed by atoms with Gasteiger partial charge in [0.25, 0.3) is 0 Å². The Morgan fingerprint density at radius 3 is 2.24 bits per heavy atom. The van der Waals surface area contributed by atoms with Gasteiger partial charge in [0.2, 0.25) is 0 Å². The Balaban J connectivity index is 1.74. The summed E-state index contributed by atoms with van der Waals surface area (Å²) in [5.41, 5.74) is 3.80. The Hall–Kier alpha value is -1.85. The molecule has 1 aliphatic rings. The summed E-state index contributed by atoms with van der Waals surface area (Å²) < 4.78 is 14.1. The Morgan fingerprint density at radius 2 is 1.68 bits per heavy atom. The molecule has 132 valence electrons. The van der Waals surface area contributed by atoms with E-state index < -0.39 is 0 Å². The van der Waals surface area contributed by atoms with Crippen LogP contribution in [0, 0.1) is 0 Å². The van der Waals surface area contributed by atoms with Gasteiger partial charge in [0.15, 0.2) is 0 Å². The van der Waals surface area contributed by atoms with E-state index >= 15 is 0 Å². The fraction of sp³-hybridized carbons (Fsp3) is 0.450. The highest BCUT2D eigenvalue weighted by atomic mass is 16.7. The van der Waals surface area contributed by atoms with Crippen LogP contribution in [-0.4, -0.2) is 28.1 Å². The molecular formula is C20H27BN2O2. The molecule has 0 amide bonds. The van der Waals surface area contributed by atoms with Crippen molar-refractivity contribution in [3.63, 3.8) is 0 Å². The molecule has 0 unspecified atom stereocenters. The molecule has 1 fully saturated rings. The number of allylic oxidation sites excluding steroid dienone is 1. The minimum absolute atomic E-state index is 0.320. The summed E-state index contributed by atoms with van der Waals surface area (Å²) >= 11 is 0. The first-order chi connectivity index (χ1) is 11.7. The smallest absolute Gasteiger partial charge is 0.399 e. The highest BCUT2D eigenvalue weighted by molar-refractivity contribution is 6.62. The molecular weight excluding hydrogens is 311 g/mol. The van der Waals surface area contributed by atoms with Crippen molar-refractivity contribution in [1.29, 1.82) is 0 Å². The monoisotopic (exact) mass is 338 g/mol. The fourth-order valence-electron chi connectivity index (χ4n) is 2.75. The highest BCUT2D eigenvalue weighted by Gasteiger charge is 2.51. The zero-order valence-corrected chi connectivity index (χ0v) is 15.9. The first kappa shape index (κ1) is 18.0. The molecule has 2 aromatic rings. The van der Waals surface area contributed by atoms with Gasteiger partial charge < -0.3 is 9.31 Å². The summed E-state index contributed by atoms with van der Waals surface area (Å²) in [6.07, 6.45) is 4.93. The van der Waals surface area contributed by atoms with Crippen LogP contribution in [0.1, 0.15) is 41.0 Å². The van der Waals surface area contributed by atoms with Crippen molar-refractivity contribution in [2.45, 2.75) is 58.8 Å². The molecule has 0 atom stereocenters. The van der Waals surface area contributed by atoms with E-state index in [1.807, 2.05) is 10.9 Å². The molecule has 5 heteroatoms. The van der Waals surface area contributed by atoms with Crippen LogP contribution in [-0.2, 0) is 15.9 Å². The van der Waals surface area contributed by atoms with E-state index in [9.17, 15) is 0 Å². The van der Waals surface area contributed by atoms with Gasteiger partial charge in [0, 0.05) is 11.8 Å². The Kier molecular flexibility index (Phi) is 4.65. The van der Waals surface area contributed by atoms with Gasteiger partial charge >= 0.3 is 7.12 Å². The van der Waals surface area contributed by atoms with E-state index in [2.05, 4.69) is 76.8 Å². The zero-order valence-electron chi connectivity index (χ0n) is 15.9. The van der Waals surface area contributed by atoms with E-state index in [4.69, 9.17) is 9.31 Å². The van der Waals surface area contributed by atoms with Gasteiger partial charge in [0.05, 0.1) is 23.9 Å². The lowest BCUT2D eigenvalue weighted by Crippen LogP contribution is -2.41. The summed E-state index contributed by atoms with van der Waals surface area (Å²) in [4.78, 5) is 0. The fourth-order valence-corrected chi connectivity index (χ4v) is 2.75. The largest absolute Gasteiger partial charge is 0.494 e. The number of hydrogen-bond donors (Lipinski definition) is 0. The maximum atomic E-state index is 6.11. The van der Waals surface area contributed by atoms with Crippen molar-refractivity contribution in [3.8, 4) is 11.1 Å². The SMILES string of the molecule is C=C(CC)Cn1cc(-c2ccc(B3OC(C)(C)C(C)(C)O3)cc2)cn1. The van der Waals surface area contributed by atoms with Crippen LogP contribution in [0.2, 0.25) is 0 Å². The van der Waals surface area contributed by atoms with Crippen LogP contribution in [0.15, 0.2) is 48.8 Å². The van der Waals surface area contributed by atoms with Crippen molar-refractivity contribution in [2.24, 2.45) is 0 Å². The summed E-state index contributed by atoms with van der Waals surface area (Å²) in [5, 5.41) is 4.42. The molecule has 1 aromatic heterocycles. The molecule has 3 rings (SSSR count). The van der Waals surface area contributed by atoms with Crippen LogP contribution in [0.25, 0.3) is 11.1 Å². The number of hydrogen-bond acceptors (Lipinski definition) is 3. The molecule has 0 radical (unpaired) electrons. The Labute approximate surface area is 151 Å². The highest BCUT2D eigenvalue weighted by Crippen LogP contribution is 2.36. The number of aromatic nitrogens is 2. The summed E-state index contributed by atoms with van der Waals surface area (Å²) in [7, 11) is -0.324. The van der Waals surface area contributed by atoms with Gasteiger partial charge in [-0.1, -0.05) is 43.3 Å². The lowest BCUT2D eigenvalue weighted by molar-refractivity contribution is 0.00578. The van der Waals surface area contributed by atoms with E-state index in [1.165, 1.54) is 5.57 Å². The summed E-state index contributed by atoms with van der Waals surface area (Å²) in [5.74, 6) is 0. The van der Waals surface area contributed by atoms with Crippen molar-refractivity contribution in [1.82, 2.24) is 9.78 Å². The second kappa shape index (κ2) is 6.47. The maximum Gasteiger partial charge on any atom is 0.494 e. The van der Waals surface area contributed by atoms with Crippen LogP contribution in [0.3, 0.4) is 0 Å². The normalized spacial score (nSPS) is 18.5. The average molecular weight is 338 g/mol. The third kappa shape index (κ3) is 3.58. The summed E-state index contributed by atoms with van der Waals surface area (Å²) in [6, 6.07) is 8.33. The van der Waals surface area contributed by atoms with Crippen molar-refractivity contribution in [2.75, 3.05) is 0 Å². The van der Waals surface area contributed by atoms with Crippen LogP contribution in [0.4, 0.5) is 0 Å². The van der Waals surface area contributed by atoms with Crippen LogP contribution >= 0.6 is 0 Å². The number of benzene rings is 1. The quantitative estimate of drug-likeness (QED) is 0.614. The third-order valence-corrected chi connectivity index (χ3v) is 5.29. The lowest BCUT2D eigenvalue weighted by Gasteiger charge is -2.32. The maximum absolute atomic E-state index is 6.11.